The fourth-order valence-corrected chi connectivity index (χ4v) is 7.63. The van der Waals surface area contributed by atoms with Crippen LogP contribution in [-0.4, -0.2) is 46.8 Å². The van der Waals surface area contributed by atoms with E-state index in [2.05, 4.69) is 13.8 Å². The molecule has 4 rings (SSSR count). The van der Waals surface area contributed by atoms with Crippen LogP contribution in [-0.2, 0) is 19.2 Å². The normalized spacial score (nSPS) is 30.1. The van der Waals surface area contributed by atoms with Crippen molar-refractivity contribution in [3.05, 3.63) is 0 Å². The van der Waals surface area contributed by atoms with Crippen molar-refractivity contribution >= 4 is 23.3 Å². The molecule has 0 aromatic rings. The third kappa shape index (κ3) is 4.12. The Bertz CT molecular complexity index is 908. The maximum absolute atomic E-state index is 13.8. The van der Waals surface area contributed by atoms with Crippen LogP contribution in [0.15, 0.2) is 0 Å². The van der Waals surface area contributed by atoms with Crippen LogP contribution in [0, 0.1) is 33.5 Å². The average molecular weight is 487 g/mol. The number of hydrogen-bond donors (Lipinski definition) is 1. The van der Waals surface area contributed by atoms with Crippen molar-refractivity contribution in [2.24, 2.45) is 39.2 Å². The highest BCUT2D eigenvalue weighted by Gasteiger charge is 2.85. The second kappa shape index (κ2) is 8.78. The van der Waals surface area contributed by atoms with E-state index in [1.54, 1.807) is 4.90 Å². The maximum atomic E-state index is 13.8. The zero-order valence-electron chi connectivity index (χ0n) is 22.7. The number of hydrogen-bond acceptors (Lipinski definition) is 5. The molecule has 4 atom stereocenters. The summed E-state index contributed by atoms with van der Waals surface area (Å²) >= 11 is 0. The minimum atomic E-state index is -0.694. The van der Waals surface area contributed by atoms with Crippen molar-refractivity contribution in [1.82, 2.24) is 4.90 Å². The molecular formula is C29H46N2O4. The monoisotopic (exact) mass is 486 g/mol. The Morgan fingerprint density at radius 1 is 1.06 bits per heavy atom. The van der Waals surface area contributed by atoms with Crippen LogP contribution >= 0.6 is 0 Å². The number of likely N-dealkylation sites (tertiary alicyclic amines) is 1. The number of rotatable bonds is 10. The molecule has 2 spiro atoms. The van der Waals surface area contributed by atoms with E-state index in [-0.39, 0.29) is 45.9 Å². The summed E-state index contributed by atoms with van der Waals surface area (Å²) in [6, 6.07) is -1.25. The van der Waals surface area contributed by atoms with Crippen molar-refractivity contribution in [3.63, 3.8) is 0 Å². The van der Waals surface area contributed by atoms with Gasteiger partial charge in [0.1, 0.15) is 0 Å². The molecule has 3 saturated carbocycles. The minimum absolute atomic E-state index is 0.0474. The highest BCUT2D eigenvalue weighted by Crippen LogP contribution is 2.88. The summed E-state index contributed by atoms with van der Waals surface area (Å²) in [7, 11) is 0. The van der Waals surface area contributed by atoms with Gasteiger partial charge in [0, 0.05) is 30.7 Å². The summed E-state index contributed by atoms with van der Waals surface area (Å²) in [5.74, 6) is -1.16. The lowest BCUT2D eigenvalue weighted by atomic mass is 9.73. The molecule has 0 aromatic carbocycles. The molecule has 1 saturated heterocycles. The van der Waals surface area contributed by atoms with E-state index in [4.69, 9.17) is 5.73 Å². The second-order valence-electron chi connectivity index (χ2n) is 13.8. The summed E-state index contributed by atoms with van der Waals surface area (Å²) < 4.78 is 0. The molecule has 0 bridgehead atoms. The van der Waals surface area contributed by atoms with Crippen molar-refractivity contribution in [2.45, 2.75) is 118 Å². The second-order valence-corrected chi connectivity index (χ2v) is 13.8. The van der Waals surface area contributed by atoms with E-state index < -0.39 is 23.4 Å². The number of nitrogens with zero attached hydrogens (tertiary/aromatic N) is 1. The SMILES string of the molecule is CCCC(CC(=O)[C@@H]1C[C@]2(CN1C(=O)[C@@H](N)C(C)(C)C)C(C)(C)C21CCC1)C(=O)C(=O)CC1CC1. The van der Waals surface area contributed by atoms with E-state index in [1.165, 1.54) is 6.42 Å². The topological polar surface area (TPSA) is 97.5 Å². The quantitative estimate of drug-likeness (QED) is 0.460. The zero-order chi connectivity index (χ0) is 26.0. The Kier molecular flexibility index (Phi) is 6.65. The number of carbonyl (C=O) groups is 4. The zero-order valence-corrected chi connectivity index (χ0v) is 22.7. The fraction of sp³-hybridized carbons (Fsp3) is 0.862. The predicted molar refractivity (Wildman–Crippen MR) is 135 cm³/mol. The molecule has 1 aliphatic heterocycles. The number of carbonyl (C=O) groups excluding carboxylic acids is 4. The highest BCUT2D eigenvalue weighted by molar-refractivity contribution is 6.38. The van der Waals surface area contributed by atoms with E-state index >= 15 is 0 Å². The van der Waals surface area contributed by atoms with Crippen LogP contribution in [0.2, 0.25) is 0 Å². The number of amides is 1. The molecule has 1 unspecified atom stereocenters. The maximum Gasteiger partial charge on any atom is 0.240 e. The Morgan fingerprint density at radius 2 is 1.69 bits per heavy atom. The summed E-state index contributed by atoms with van der Waals surface area (Å²) in [5.41, 5.74) is 6.23. The van der Waals surface area contributed by atoms with Gasteiger partial charge in [-0.1, -0.05) is 54.4 Å². The van der Waals surface area contributed by atoms with Gasteiger partial charge in [0.25, 0.3) is 0 Å². The number of Topliss-reactive ketones (excluding diaryl/α,β-unsaturated/α-hetero) is 3. The summed E-state index contributed by atoms with van der Waals surface area (Å²) in [6.45, 7) is 13.0. The van der Waals surface area contributed by atoms with E-state index in [1.807, 2.05) is 27.7 Å². The standard InChI is InChI=1S/C29H46N2O4/c1-7-9-19(23(34)22(33)14-18-10-11-18)15-21(32)20-16-29(27(5,6)28(29)12-8-13-28)17-31(20)25(35)24(30)26(2,3)4/h18-20,24H,7-17,30H2,1-6H3/t19?,20-,24+,29-/m0/s1. The predicted octanol–water partition coefficient (Wildman–Crippen LogP) is 4.47. The van der Waals surface area contributed by atoms with Gasteiger partial charge in [0.2, 0.25) is 11.7 Å². The van der Waals surface area contributed by atoms with E-state index in [0.717, 1.165) is 32.1 Å². The first kappa shape index (κ1) is 26.5. The molecule has 35 heavy (non-hydrogen) atoms. The lowest BCUT2D eigenvalue weighted by Crippen LogP contribution is -2.53. The molecule has 6 nitrogen and oxygen atoms in total. The van der Waals surface area contributed by atoms with Gasteiger partial charge in [0.05, 0.1) is 12.1 Å². The third-order valence-corrected chi connectivity index (χ3v) is 10.6. The van der Waals surface area contributed by atoms with Gasteiger partial charge in [-0.2, -0.15) is 0 Å². The van der Waals surface area contributed by atoms with Crippen molar-refractivity contribution < 1.29 is 19.2 Å². The van der Waals surface area contributed by atoms with Gasteiger partial charge in [-0.15, -0.1) is 0 Å². The smallest absolute Gasteiger partial charge is 0.240 e. The van der Waals surface area contributed by atoms with Crippen molar-refractivity contribution in [1.29, 1.82) is 0 Å². The van der Waals surface area contributed by atoms with Crippen LogP contribution in [0.25, 0.3) is 0 Å². The van der Waals surface area contributed by atoms with Gasteiger partial charge in [-0.05, 0) is 60.7 Å². The van der Waals surface area contributed by atoms with Crippen molar-refractivity contribution in [3.8, 4) is 0 Å². The number of ketones is 3. The molecule has 3 aliphatic carbocycles. The van der Waals surface area contributed by atoms with Gasteiger partial charge in [-0.25, -0.2) is 0 Å². The van der Waals surface area contributed by atoms with Crippen LogP contribution in [0.5, 0.6) is 0 Å². The van der Waals surface area contributed by atoms with E-state index in [0.29, 0.717) is 31.7 Å². The number of nitrogens with two attached hydrogens (primary N) is 1. The minimum Gasteiger partial charge on any atom is -0.331 e. The van der Waals surface area contributed by atoms with Crippen LogP contribution < -0.4 is 5.73 Å². The fourth-order valence-electron chi connectivity index (χ4n) is 7.63. The van der Waals surface area contributed by atoms with Gasteiger partial charge >= 0.3 is 0 Å². The van der Waals surface area contributed by atoms with Crippen molar-refractivity contribution in [2.75, 3.05) is 6.54 Å². The molecule has 4 fully saturated rings. The lowest BCUT2D eigenvalue weighted by molar-refractivity contribution is -0.143. The van der Waals surface area contributed by atoms with Gasteiger partial charge < -0.3 is 10.6 Å². The van der Waals surface area contributed by atoms with Crippen LogP contribution in [0.4, 0.5) is 0 Å². The van der Waals surface area contributed by atoms with Crippen LogP contribution in [0.1, 0.15) is 106 Å². The van der Waals surface area contributed by atoms with Crippen LogP contribution in [0.3, 0.4) is 0 Å². The molecule has 6 heteroatoms. The Labute approximate surface area is 211 Å². The molecule has 2 N–H and O–H groups in total. The molecule has 1 amide bonds. The highest BCUT2D eigenvalue weighted by atomic mass is 16.2. The Balaban J connectivity index is 1.56. The van der Waals surface area contributed by atoms with Gasteiger partial charge in [0.15, 0.2) is 11.6 Å². The first-order valence-electron chi connectivity index (χ1n) is 13.9. The van der Waals surface area contributed by atoms with E-state index in [9.17, 15) is 19.2 Å². The Morgan fingerprint density at radius 3 is 2.14 bits per heavy atom. The van der Waals surface area contributed by atoms with Gasteiger partial charge in [-0.3, -0.25) is 19.2 Å². The summed E-state index contributed by atoms with van der Waals surface area (Å²) in [4.78, 5) is 54.8. The molecule has 196 valence electrons. The lowest BCUT2D eigenvalue weighted by Gasteiger charge is -2.33. The number of fused-ring (bicyclic) bond motifs is 1. The third-order valence-electron chi connectivity index (χ3n) is 10.6. The Hall–Kier alpha value is -1.56. The summed E-state index contributed by atoms with van der Waals surface area (Å²) in [6.07, 6.45) is 7.84. The first-order chi connectivity index (χ1) is 16.2. The molecule has 4 aliphatic rings. The molecular weight excluding hydrogens is 440 g/mol. The largest absolute Gasteiger partial charge is 0.331 e. The summed E-state index contributed by atoms with van der Waals surface area (Å²) in [5, 5.41) is 0. The average Bonchev–Trinajstić information content (AvgIpc) is 3.56. The molecule has 0 aromatic heterocycles. The first-order valence-corrected chi connectivity index (χ1v) is 13.9. The molecule has 1 heterocycles. The molecule has 0 radical (unpaired) electrons.